The summed E-state index contributed by atoms with van der Waals surface area (Å²) in [4.78, 5) is 0. The van der Waals surface area contributed by atoms with Gasteiger partial charge < -0.3 is 15.6 Å². The fourth-order valence-electron chi connectivity index (χ4n) is 1.81. The number of hydrogen-bond donors (Lipinski definition) is 2. The zero-order valence-corrected chi connectivity index (χ0v) is 10.8. The Hall–Kier alpha value is -1.48. The van der Waals surface area contributed by atoms with E-state index in [-0.39, 0.29) is 6.42 Å². The second kappa shape index (κ2) is 5.72. The Morgan fingerprint density at radius 1 is 1.19 bits per heavy atom. The van der Waals surface area contributed by atoms with Crippen LogP contribution in [0.15, 0.2) is 24.3 Å². The fraction of sp³-hybridized carbons (Fsp3) is 0.500. The topological polar surface area (TPSA) is 55.5 Å². The minimum atomic E-state index is -5.15. The zero-order valence-electron chi connectivity index (χ0n) is 10.8. The Kier molecular flexibility index (Phi) is 4.79. The van der Waals surface area contributed by atoms with E-state index in [4.69, 9.17) is 5.73 Å². The molecule has 0 heterocycles. The molecular weight excluding hydrogens is 304 g/mol. The lowest BCUT2D eigenvalue weighted by Gasteiger charge is -2.35. The number of halogens is 6. The highest BCUT2D eigenvalue weighted by Crippen LogP contribution is 2.42. The van der Waals surface area contributed by atoms with Gasteiger partial charge in [0.1, 0.15) is 5.75 Å². The minimum Gasteiger partial charge on any atom is -0.406 e. The molecule has 120 valence electrons. The van der Waals surface area contributed by atoms with Gasteiger partial charge in [0.05, 0.1) is 0 Å². The van der Waals surface area contributed by atoms with E-state index >= 15 is 0 Å². The zero-order chi connectivity index (χ0) is 16.5. The van der Waals surface area contributed by atoms with Crippen LogP contribution >= 0.6 is 0 Å². The first kappa shape index (κ1) is 17.6. The molecule has 3 N–H and O–H groups in total. The molecule has 0 aromatic heterocycles. The molecule has 0 aliphatic rings. The van der Waals surface area contributed by atoms with Crippen molar-refractivity contribution in [1.82, 2.24) is 0 Å². The van der Waals surface area contributed by atoms with Crippen molar-refractivity contribution < 1.29 is 36.2 Å². The van der Waals surface area contributed by atoms with Crippen molar-refractivity contribution in [2.24, 2.45) is 5.73 Å². The van der Waals surface area contributed by atoms with Crippen molar-refractivity contribution in [1.29, 1.82) is 0 Å². The van der Waals surface area contributed by atoms with Gasteiger partial charge in [-0.05, 0) is 24.1 Å². The van der Waals surface area contributed by atoms with Crippen LogP contribution < -0.4 is 10.5 Å². The molecule has 0 saturated heterocycles. The summed E-state index contributed by atoms with van der Waals surface area (Å²) in [5.74, 6) is -0.869. The highest BCUT2D eigenvalue weighted by Gasteiger charge is 2.58. The van der Waals surface area contributed by atoms with E-state index in [1.165, 1.54) is 6.92 Å². The number of benzene rings is 1. The van der Waals surface area contributed by atoms with E-state index in [2.05, 4.69) is 4.74 Å². The first-order valence-corrected chi connectivity index (χ1v) is 5.82. The average molecular weight is 317 g/mol. The maximum absolute atomic E-state index is 13.1. The molecule has 0 fully saturated rings. The van der Waals surface area contributed by atoms with Crippen molar-refractivity contribution in [2.45, 2.75) is 37.5 Å². The van der Waals surface area contributed by atoms with E-state index in [1.54, 1.807) is 0 Å². The Balaban J connectivity index is 3.31. The Labute approximate surface area is 116 Å². The van der Waals surface area contributed by atoms with Crippen molar-refractivity contribution in [3.63, 3.8) is 0 Å². The lowest BCUT2D eigenvalue weighted by atomic mass is 9.84. The molecule has 0 saturated carbocycles. The number of alkyl halides is 6. The van der Waals surface area contributed by atoms with E-state index in [0.29, 0.717) is 6.07 Å². The van der Waals surface area contributed by atoms with Crippen LogP contribution in [0.25, 0.3) is 0 Å². The summed E-state index contributed by atoms with van der Waals surface area (Å²) in [6, 6.07) is 1.31. The highest BCUT2D eigenvalue weighted by atomic mass is 19.4. The van der Waals surface area contributed by atoms with Crippen molar-refractivity contribution >= 4 is 0 Å². The Morgan fingerprint density at radius 3 is 2.19 bits per heavy atom. The predicted molar refractivity (Wildman–Crippen MR) is 61.3 cm³/mol. The van der Waals surface area contributed by atoms with Gasteiger partial charge in [0.25, 0.3) is 0 Å². The standard InChI is InChI=1S/C12H13F6NO2/c1-2-9(19)10(20,11(13,14)15)7-4-3-5-8(6-7)21-12(16,17)18/h3-6,9,20H,2,19H2,1H3. The minimum absolute atomic E-state index is 0.236. The average Bonchev–Trinajstić information content (AvgIpc) is 2.33. The van der Waals surface area contributed by atoms with Crippen LogP contribution in [0, 0.1) is 0 Å². The van der Waals surface area contributed by atoms with Crippen LogP contribution in [-0.2, 0) is 5.60 Å². The van der Waals surface area contributed by atoms with Crippen LogP contribution in [0.1, 0.15) is 18.9 Å². The maximum Gasteiger partial charge on any atom is 0.573 e. The second-order valence-electron chi connectivity index (χ2n) is 4.35. The fourth-order valence-corrected chi connectivity index (χ4v) is 1.81. The van der Waals surface area contributed by atoms with Gasteiger partial charge in [-0.1, -0.05) is 19.1 Å². The summed E-state index contributed by atoms with van der Waals surface area (Å²) < 4.78 is 79.1. The van der Waals surface area contributed by atoms with E-state index in [0.717, 1.165) is 18.2 Å². The molecule has 0 radical (unpaired) electrons. The third kappa shape index (κ3) is 3.79. The molecule has 2 atom stereocenters. The molecule has 9 heteroatoms. The lowest BCUT2D eigenvalue weighted by molar-refractivity contribution is -0.277. The van der Waals surface area contributed by atoms with Crippen molar-refractivity contribution in [3.8, 4) is 5.75 Å². The normalized spacial score (nSPS) is 17.2. The van der Waals surface area contributed by atoms with Crippen LogP contribution in [0.4, 0.5) is 26.3 Å². The molecule has 0 bridgehead atoms. The van der Waals surface area contributed by atoms with Gasteiger partial charge in [-0.3, -0.25) is 0 Å². The molecule has 0 aliphatic carbocycles. The SMILES string of the molecule is CCC(N)C(O)(c1cccc(OC(F)(F)F)c1)C(F)(F)F. The second-order valence-corrected chi connectivity index (χ2v) is 4.35. The molecule has 0 aliphatic heterocycles. The summed E-state index contributed by atoms with van der Waals surface area (Å²) in [6.07, 6.45) is -10.4. The van der Waals surface area contributed by atoms with E-state index in [1.807, 2.05) is 0 Å². The summed E-state index contributed by atoms with van der Waals surface area (Å²) in [5.41, 5.74) is 1.03. The van der Waals surface area contributed by atoms with Crippen LogP contribution in [0.3, 0.4) is 0 Å². The number of rotatable bonds is 4. The molecule has 3 nitrogen and oxygen atoms in total. The maximum atomic E-state index is 13.1. The summed E-state index contributed by atoms with van der Waals surface area (Å²) in [7, 11) is 0. The van der Waals surface area contributed by atoms with Crippen LogP contribution in [-0.4, -0.2) is 23.7 Å². The monoisotopic (exact) mass is 317 g/mol. The van der Waals surface area contributed by atoms with Gasteiger partial charge in [0.15, 0.2) is 0 Å². The summed E-state index contributed by atoms with van der Waals surface area (Å²) in [5, 5.41) is 9.92. The predicted octanol–water partition coefficient (Wildman–Crippen LogP) is 3.07. The largest absolute Gasteiger partial charge is 0.573 e. The molecule has 1 aromatic carbocycles. The Morgan fingerprint density at radius 2 is 1.76 bits per heavy atom. The van der Waals surface area contributed by atoms with E-state index in [9.17, 15) is 31.4 Å². The van der Waals surface area contributed by atoms with Crippen LogP contribution in [0.2, 0.25) is 0 Å². The van der Waals surface area contributed by atoms with Crippen molar-refractivity contribution in [3.05, 3.63) is 29.8 Å². The number of ether oxygens (including phenoxy) is 1. The lowest BCUT2D eigenvalue weighted by Crippen LogP contribution is -2.55. The van der Waals surface area contributed by atoms with Gasteiger partial charge in [-0.15, -0.1) is 13.2 Å². The first-order chi connectivity index (χ1) is 9.41. The van der Waals surface area contributed by atoms with Gasteiger partial charge in [-0.25, -0.2) is 0 Å². The summed E-state index contributed by atoms with van der Waals surface area (Å²) >= 11 is 0. The molecule has 2 unspecified atom stereocenters. The molecule has 1 aromatic rings. The number of aliphatic hydroxyl groups is 1. The smallest absolute Gasteiger partial charge is 0.406 e. The molecule has 1 rings (SSSR count). The highest BCUT2D eigenvalue weighted by molar-refractivity contribution is 5.34. The molecule has 0 spiro atoms. The van der Waals surface area contributed by atoms with Crippen LogP contribution in [0.5, 0.6) is 5.75 Å². The first-order valence-electron chi connectivity index (χ1n) is 5.82. The van der Waals surface area contributed by atoms with Gasteiger partial charge in [-0.2, -0.15) is 13.2 Å². The summed E-state index contributed by atoms with van der Waals surface area (Å²) in [6.45, 7) is 1.32. The number of hydrogen-bond acceptors (Lipinski definition) is 3. The van der Waals surface area contributed by atoms with Crippen molar-refractivity contribution in [2.75, 3.05) is 0 Å². The van der Waals surface area contributed by atoms with Gasteiger partial charge in [0, 0.05) is 6.04 Å². The molecule has 21 heavy (non-hydrogen) atoms. The molecule has 0 amide bonds. The third-order valence-electron chi connectivity index (χ3n) is 2.92. The van der Waals surface area contributed by atoms with Gasteiger partial charge >= 0.3 is 12.5 Å². The number of nitrogens with two attached hydrogens (primary N) is 1. The Bertz CT molecular complexity index is 487. The van der Waals surface area contributed by atoms with E-state index < -0.39 is 35.5 Å². The molecular formula is C12H13F6NO2. The third-order valence-corrected chi connectivity index (χ3v) is 2.92. The van der Waals surface area contributed by atoms with Gasteiger partial charge in [0.2, 0.25) is 5.60 Å². The quantitative estimate of drug-likeness (QED) is 0.839.